The zero-order valence-corrected chi connectivity index (χ0v) is 19.7. The molecule has 0 radical (unpaired) electrons. The van der Waals surface area contributed by atoms with Gasteiger partial charge in [0.25, 0.3) is 0 Å². The molecular weight excluding hydrogens is 484 g/mol. The number of hydrogen-bond acceptors (Lipinski definition) is 7. The summed E-state index contributed by atoms with van der Waals surface area (Å²) in [5.41, 5.74) is 6.70. The largest absolute Gasteiger partial charge is 0.480 e. The highest BCUT2D eigenvalue weighted by molar-refractivity contribution is 6.53. The Balaban J connectivity index is 1.72. The first kappa shape index (κ1) is 26.7. The van der Waals surface area contributed by atoms with Crippen LogP contribution in [0.4, 0.5) is 5.69 Å². The van der Waals surface area contributed by atoms with Crippen molar-refractivity contribution in [3.63, 3.8) is 0 Å². The van der Waals surface area contributed by atoms with Crippen molar-refractivity contribution < 1.29 is 38.7 Å². The summed E-state index contributed by atoms with van der Waals surface area (Å²) in [5.74, 6) is -5.93. The van der Waals surface area contributed by atoms with Crippen LogP contribution < -0.4 is 21.7 Å². The molecular formula is C25H24N4O8. The third-order valence-electron chi connectivity index (χ3n) is 5.59. The number of rotatable bonds is 10. The fourth-order valence-electron chi connectivity index (χ4n) is 3.88. The van der Waals surface area contributed by atoms with E-state index in [-0.39, 0.29) is 29.7 Å². The Bertz CT molecular complexity index is 1320. The quantitative estimate of drug-likeness (QED) is 0.284. The average Bonchev–Trinajstić information content (AvgIpc) is 2.84. The molecule has 6 N–H and O–H groups in total. The summed E-state index contributed by atoms with van der Waals surface area (Å²) in [4.78, 5) is 84.3. The minimum absolute atomic E-state index is 0.0946. The molecule has 1 unspecified atom stereocenters. The van der Waals surface area contributed by atoms with Crippen molar-refractivity contribution in [1.82, 2.24) is 10.6 Å². The van der Waals surface area contributed by atoms with Gasteiger partial charge in [0.1, 0.15) is 12.1 Å². The number of aliphatic carboxylic acids is 1. The standard InChI is InChI=1S/C25H24N4O8/c1-12(30)27-18(8-9-20(26)31)24(35)29-19(25(36)37)11-21(32)28-13-6-7-15-14-4-2-3-5-16(14)22(33)23(34)17(15)10-13/h2-7,10,18-19H,8-9,11H2,1H3,(H2,26,31)(H,27,30)(H,28,32)(H,29,35)(H,36,37)/t18?,19-/m0/s1. The van der Waals surface area contributed by atoms with E-state index in [9.17, 15) is 38.7 Å². The van der Waals surface area contributed by atoms with Gasteiger partial charge in [0.2, 0.25) is 35.2 Å². The van der Waals surface area contributed by atoms with Gasteiger partial charge in [-0.1, -0.05) is 30.3 Å². The van der Waals surface area contributed by atoms with Crippen LogP contribution in [0.25, 0.3) is 11.1 Å². The molecule has 12 nitrogen and oxygen atoms in total. The molecule has 0 aliphatic heterocycles. The van der Waals surface area contributed by atoms with Gasteiger partial charge in [-0.25, -0.2) is 4.79 Å². The van der Waals surface area contributed by atoms with Crippen LogP contribution in [0.1, 0.15) is 46.9 Å². The molecule has 4 amide bonds. The predicted octanol–water partition coefficient (Wildman–Crippen LogP) is 0.401. The lowest BCUT2D eigenvalue weighted by Gasteiger charge is -2.21. The van der Waals surface area contributed by atoms with Crippen molar-refractivity contribution in [2.75, 3.05) is 5.32 Å². The molecule has 2 aromatic carbocycles. The first-order valence-corrected chi connectivity index (χ1v) is 11.2. The van der Waals surface area contributed by atoms with E-state index in [1.807, 2.05) is 0 Å². The number of primary amides is 1. The normalized spacial score (nSPS) is 13.4. The summed E-state index contributed by atoms with van der Waals surface area (Å²) in [5, 5.41) is 16.4. The molecule has 0 heterocycles. The van der Waals surface area contributed by atoms with E-state index < -0.39 is 59.7 Å². The molecule has 192 valence electrons. The minimum atomic E-state index is -1.66. The number of nitrogens with one attached hydrogen (secondary N) is 3. The third-order valence-corrected chi connectivity index (χ3v) is 5.59. The molecule has 12 heteroatoms. The van der Waals surface area contributed by atoms with Crippen molar-refractivity contribution in [2.24, 2.45) is 5.73 Å². The summed E-state index contributed by atoms with van der Waals surface area (Å²) in [6.07, 6.45) is -1.08. The van der Waals surface area contributed by atoms with E-state index in [4.69, 9.17) is 5.73 Å². The second-order valence-electron chi connectivity index (χ2n) is 8.37. The van der Waals surface area contributed by atoms with Crippen LogP contribution in [0, 0.1) is 0 Å². The number of carbonyl (C=O) groups is 7. The maximum absolute atomic E-state index is 12.6. The molecule has 0 spiro atoms. The maximum atomic E-state index is 12.6. The maximum Gasteiger partial charge on any atom is 0.326 e. The number of carboxylic acid groups (broad SMARTS) is 1. The SMILES string of the molecule is CC(=O)NC(CCC(N)=O)C(=O)N[C@@H](CC(=O)Nc1ccc2c(c1)C(=O)C(=O)c1ccccc1-2)C(=O)O. The van der Waals surface area contributed by atoms with Gasteiger partial charge in [-0.2, -0.15) is 0 Å². The Kier molecular flexibility index (Phi) is 8.12. The summed E-state index contributed by atoms with van der Waals surface area (Å²) in [6.45, 7) is 1.14. The Morgan fingerprint density at radius 3 is 2.11 bits per heavy atom. The predicted molar refractivity (Wildman–Crippen MR) is 129 cm³/mol. The first-order valence-electron chi connectivity index (χ1n) is 11.2. The molecule has 0 bridgehead atoms. The third kappa shape index (κ3) is 6.42. The fraction of sp³-hybridized carbons (Fsp3) is 0.240. The highest BCUT2D eigenvalue weighted by atomic mass is 16.4. The second-order valence-corrected chi connectivity index (χ2v) is 8.37. The number of carbonyl (C=O) groups excluding carboxylic acids is 6. The Labute approximate surface area is 210 Å². The number of Topliss-reactive ketones (excluding diaryl/α,β-unsaturated/α-hetero) is 2. The number of hydrogen-bond donors (Lipinski definition) is 5. The van der Waals surface area contributed by atoms with Crippen molar-refractivity contribution in [3.8, 4) is 11.1 Å². The van der Waals surface area contributed by atoms with E-state index in [1.165, 1.54) is 12.1 Å². The Morgan fingerprint density at radius 2 is 1.49 bits per heavy atom. The molecule has 2 aromatic rings. The van der Waals surface area contributed by atoms with Crippen LogP contribution in [0.2, 0.25) is 0 Å². The Morgan fingerprint density at radius 1 is 0.865 bits per heavy atom. The molecule has 3 rings (SSSR count). The molecule has 0 saturated heterocycles. The van der Waals surface area contributed by atoms with E-state index in [0.717, 1.165) is 6.92 Å². The molecule has 0 saturated carbocycles. The highest BCUT2D eigenvalue weighted by Gasteiger charge is 2.31. The van der Waals surface area contributed by atoms with Gasteiger partial charge in [-0.15, -0.1) is 0 Å². The fourth-order valence-corrected chi connectivity index (χ4v) is 3.88. The molecule has 1 aliphatic carbocycles. The van der Waals surface area contributed by atoms with Gasteiger partial charge in [0, 0.05) is 30.2 Å². The van der Waals surface area contributed by atoms with Gasteiger partial charge in [-0.3, -0.25) is 28.8 Å². The highest BCUT2D eigenvalue weighted by Crippen LogP contribution is 2.34. The number of nitrogens with two attached hydrogens (primary N) is 1. The van der Waals surface area contributed by atoms with E-state index >= 15 is 0 Å². The summed E-state index contributed by atoms with van der Waals surface area (Å²) in [7, 11) is 0. The van der Waals surface area contributed by atoms with Gasteiger partial charge in [0.15, 0.2) is 0 Å². The molecule has 0 fully saturated rings. The monoisotopic (exact) mass is 508 g/mol. The van der Waals surface area contributed by atoms with Crippen molar-refractivity contribution in [3.05, 3.63) is 53.6 Å². The van der Waals surface area contributed by atoms with E-state index in [1.54, 1.807) is 30.3 Å². The van der Waals surface area contributed by atoms with Crippen LogP contribution in [0.15, 0.2) is 42.5 Å². The summed E-state index contributed by atoms with van der Waals surface area (Å²) < 4.78 is 0. The average molecular weight is 508 g/mol. The first-order chi connectivity index (χ1) is 17.5. The van der Waals surface area contributed by atoms with Crippen LogP contribution in [0.5, 0.6) is 0 Å². The molecule has 0 aromatic heterocycles. The lowest BCUT2D eigenvalue weighted by Crippen LogP contribution is -2.52. The smallest absolute Gasteiger partial charge is 0.326 e. The lowest BCUT2D eigenvalue weighted by atomic mass is 9.84. The van der Waals surface area contributed by atoms with Gasteiger partial charge >= 0.3 is 5.97 Å². The molecule has 2 atom stereocenters. The van der Waals surface area contributed by atoms with Crippen LogP contribution in [0.3, 0.4) is 0 Å². The number of benzene rings is 2. The number of fused-ring (bicyclic) bond motifs is 3. The van der Waals surface area contributed by atoms with E-state index in [0.29, 0.717) is 11.1 Å². The lowest BCUT2D eigenvalue weighted by molar-refractivity contribution is -0.143. The van der Waals surface area contributed by atoms with Crippen molar-refractivity contribution >= 4 is 46.9 Å². The van der Waals surface area contributed by atoms with Gasteiger partial charge in [0.05, 0.1) is 6.42 Å². The van der Waals surface area contributed by atoms with Crippen molar-refractivity contribution in [1.29, 1.82) is 0 Å². The van der Waals surface area contributed by atoms with Crippen LogP contribution in [-0.4, -0.2) is 58.4 Å². The minimum Gasteiger partial charge on any atom is -0.480 e. The summed E-state index contributed by atoms with van der Waals surface area (Å²) >= 11 is 0. The number of carboxylic acids is 1. The van der Waals surface area contributed by atoms with Crippen molar-refractivity contribution in [2.45, 2.75) is 38.3 Å². The zero-order valence-electron chi connectivity index (χ0n) is 19.7. The number of amides is 4. The molecule has 1 aliphatic rings. The number of ketones is 2. The van der Waals surface area contributed by atoms with Gasteiger partial charge in [-0.05, 0) is 29.7 Å². The topological polar surface area (TPSA) is 202 Å². The second kappa shape index (κ2) is 11.2. The van der Waals surface area contributed by atoms with Crippen LogP contribution >= 0.6 is 0 Å². The summed E-state index contributed by atoms with van der Waals surface area (Å²) in [6, 6.07) is 8.14. The molecule has 37 heavy (non-hydrogen) atoms. The van der Waals surface area contributed by atoms with Crippen LogP contribution in [-0.2, 0) is 24.0 Å². The van der Waals surface area contributed by atoms with E-state index in [2.05, 4.69) is 16.0 Å². The zero-order chi connectivity index (χ0) is 27.3. The van der Waals surface area contributed by atoms with Gasteiger partial charge < -0.3 is 26.8 Å². The number of anilines is 1. The Hall–Kier alpha value is -4.87.